The number of hydrogen-bond donors (Lipinski definition) is 0. The fraction of sp³-hybridized carbons (Fsp3) is 0.625. The monoisotopic (exact) mass is 380 g/mol. The molecule has 3 aliphatic heterocycles. The van der Waals surface area contributed by atoms with Crippen LogP contribution in [0.5, 0.6) is 0 Å². The van der Waals surface area contributed by atoms with Crippen molar-refractivity contribution in [1.29, 1.82) is 0 Å². The maximum Gasteiger partial charge on any atom is 0.228 e. The third-order valence-corrected chi connectivity index (χ3v) is 7.27. The Kier molecular flexibility index (Phi) is 5.25. The van der Waals surface area contributed by atoms with Crippen LogP contribution in [-0.4, -0.2) is 61.6 Å². The smallest absolute Gasteiger partial charge is 0.228 e. The molecular formula is C24H32N2O2. The fourth-order valence-electron chi connectivity index (χ4n) is 5.55. The van der Waals surface area contributed by atoms with Crippen LogP contribution < -0.4 is 0 Å². The number of nitrogens with zero attached hydrogens (tertiary/aromatic N) is 2. The predicted molar refractivity (Wildman–Crippen MR) is 111 cm³/mol. The lowest BCUT2D eigenvalue weighted by Crippen LogP contribution is -2.35. The topological polar surface area (TPSA) is 32.8 Å². The molecule has 0 N–H and O–H groups in total. The van der Waals surface area contributed by atoms with Crippen molar-refractivity contribution in [3.8, 4) is 0 Å². The van der Waals surface area contributed by atoms with Crippen LogP contribution in [0.15, 0.2) is 30.3 Å². The number of amides is 1. The number of ether oxygens (including phenoxy) is 1. The molecule has 1 aromatic rings. The number of fused-ring (bicyclic) bond motifs is 1. The summed E-state index contributed by atoms with van der Waals surface area (Å²) in [6.45, 7) is 6.91. The van der Waals surface area contributed by atoms with Crippen molar-refractivity contribution in [1.82, 2.24) is 9.80 Å². The molecule has 3 saturated heterocycles. The van der Waals surface area contributed by atoms with Gasteiger partial charge in [0.1, 0.15) is 0 Å². The van der Waals surface area contributed by atoms with Crippen LogP contribution in [-0.2, 0) is 16.0 Å². The molecule has 4 heteroatoms. The van der Waals surface area contributed by atoms with E-state index in [1.54, 1.807) is 0 Å². The van der Waals surface area contributed by atoms with E-state index in [2.05, 4.69) is 40.1 Å². The second kappa shape index (κ2) is 8.00. The lowest BCUT2D eigenvalue weighted by Gasteiger charge is -2.21. The maximum atomic E-state index is 12.8. The van der Waals surface area contributed by atoms with E-state index < -0.39 is 0 Å². The minimum Gasteiger partial charge on any atom is -0.381 e. The minimum atomic E-state index is 0.0983. The number of carbonyl (C=O) groups is 1. The second-order valence-corrected chi connectivity index (χ2v) is 9.06. The molecule has 150 valence electrons. The Morgan fingerprint density at radius 2 is 1.93 bits per heavy atom. The van der Waals surface area contributed by atoms with Crippen molar-refractivity contribution >= 4 is 11.5 Å². The molecule has 1 aliphatic carbocycles. The van der Waals surface area contributed by atoms with Gasteiger partial charge in [0, 0.05) is 32.2 Å². The van der Waals surface area contributed by atoms with Crippen LogP contribution in [0.4, 0.5) is 0 Å². The lowest BCUT2D eigenvalue weighted by molar-refractivity contribution is -0.134. The summed E-state index contributed by atoms with van der Waals surface area (Å²) in [5.41, 5.74) is 4.26. The van der Waals surface area contributed by atoms with Gasteiger partial charge in [0.15, 0.2) is 0 Å². The van der Waals surface area contributed by atoms with Crippen LogP contribution >= 0.6 is 0 Å². The van der Waals surface area contributed by atoms with Gasteiger partial charge in [0.05, 0.1) is 12.5 Å². The van der Waals surface area contributed by atoms with E-state index in [4.69, 9.17) is 4.74 Å². The Hall–Kier alpha value is -1.65. The van der Waals surface area contributed by atoms with Crippen molar-refractivity contribution < 1.29 is 9.53 Å². The molecule has 0 aromatic heterocycles. The van der Waals surface area contributed by atoms with Crippen LogP contribution in [0, 0.1) is 17.8 Å². The van der Waals surface area contributed by atoms with Crippen LogP contribution in [0.3, 0.4) is 0 Å². The SMILES string of the molecule is O=C(C1CCOC1)N1C[C@@H]2CC=C(c3ccc(CCN4CCCC4)cc3)[C@@H]2C1. The quantitative estimate of drug-likeness (QED) is 0.786. The third kappa shape index (κ3) is 3.65. The number of allylic oxidation sites excluding steroid dienone is 1. The summed E-state index contributed by atoms with van der Waals surface area (Å²) < 4.78 is 5.42. The van der Waals surface area contributed by atoms with Gasteiger partial charge in [0.25, 0.3) is 0 Å². The summed E-state index contributed by atoms with van der Waals surface area (Å²) in [7, 11) is 0. The highest BCUT2D eigenvalue weighted by Gasteiger charge is 2.42. The Labute approximate surface area is 168 Å². The van der Waals surface area contributed by atoms with E-state index in [0.29, 0.717) is 24.3 Å². The summed E-state index contributed by atoms with van der Waals surface area (Å²) in [5, 5.41) is 0. The summed E-state index contributed by atoms with van der Waals surface area (Å²) in [6.07, 6.45) is 8.31. The standard InChI is InChI=1S/C24H32N2O2/c27-24(21-10-14-28-17-21)26-15-20-7-8-22(23(20)16-26)19-5-3-18(4-6-19)9-13-25-11-1-2-12-25/h3-6,8,20-21,23H,1-2,7,9-17H2/t20-,21?,23+/m0/s1. The van der Waals surface area contributed by atoms with E-state index in [0.717, 1.165) is 39.0 Å². The fourth-order valence-corrected chi connectivity index (χ4v) is 5.55. The molecule has 0 saturated carbocycles. The summed E-state index contributed by atoms with van der Waals surface area (Å²) in [5.74, 6) is 1.54. The zero-order valence-electron chi connectivity index (χ0n) is 16.8. The Balaban J connectivity index is 1.20. The van der Waals surface area contributed by atoms with Gasteiger partial charge in [-0.3, -0.25) is 4.79 Å². The van der Waals surface area contributed by atoms with Crippen molar-refractivity contribution in [2.75, 3.05) is 45.9 Å². The average molecular weight is 381 g/mol. The lowest BCUT2D eigenvalue weighted by atomic mass is 9.90. The molecule has 1 aromatic carbocycles. The van der Waals surface area contributed by atoms with Gasteiger partial charge in [-0.05, 0) is 67.8 Å². The summed E-state index contributed by atoms with van der Waals surface area (Å²) in [6, 6.07) is 9.24. The van der Waals surface area contributed by atoms with Gasteiger partial charge in [-0.1, -0.05) is 30.3 Å². The molecular weight excluding hydrogens is 348 g/mol. The van der Waals surface area contributed by atoms with Crippen molar-refractivity contribution in [3.05, 3.63) is 41.5 Å². The predicted octanol–water partition coefficient (Wildman–Crippen LogP) is 3.22. The van der Waals surface area contributed by atoms with Crippen LogP contribution in [0.25, 0.3) is 5.57 Å². The molecule has 3 fully saturated rings. The van der Waals surface area contributed by atoms with Gasteiger partial charge in [-0.15, -0.1) is 0 Å². The zero-order valence-corrected chi connectivity index (χ0v) is 16.8. The minimum absolute atomic E-state index is 0.0983. The molecule has 5 rings (SSSR count). The van der Waals surface area contributed by atoms with E-state index in [-0.39, 0.29) is 5.92 Å². The van der Waals surface area contributed by atoms with E-state index in [1.165, 1.54) is 49.2 Å². The number of rotatable bonds is 5. The highest BCUT2D eigenvalue weighted by Crippen LogP contribution is 2.43. The highest BCUT2D eigenvalue weighted by molar-refractivity contribution is 5.81. The Morgan fingerprint density at radius 3 is 2.68 bits per heavy atom. The first-order valence-electron chi connectivity index (χ1n) is 11.2. The number of carbonyl (C=O) groups excluding carboxylic acids is 1. The molecule has 28 heavy (non-hydrogen) atoms. The molecule has 4 aliphatic rings. The van der Waals surface area contributed by atoms with E-state index in [1.807, 2.05) is 0 Å². The van der Waals surface area contributed by atoms with E-state index >= 15 is 0 Å². The van der Waals surface area contributed by atoms with Gasteiger partial charge >= 0.3 is 0 Å². The summed E-state index contributed by atoms with van der Waals surface area (Å²) in [4.78, 5) is 17.5. The molecule has 0 spiro atoms. The first-order chi connectivity index (χ1) is 13.8. The normalized spacial score (nSPS) is 30.1. The highest BCUT2D eigenvalue weighted by atomic mass is 16.5. The Bertz CT molecular complexity index is 729. The summed E-state index contributed by atoms with van der Waals surface area (Å²) >= 11 is 0. The maximum absolute atomic E-state index is 12.8. The van der Waals surface area contributed by atoms with Gasteiger partial charge in [-0.2, -0.15) is 0 Å². The van der Waals surface area contributed by atoms with Crippen molar-refractivity contribution in [3.63, 3.8) is 0 Å². The molecule has 4 nitrogen and oxygen atoms in total. The molecule has 3 atom stereocenters. The van der Waals surface area contributed by atoms with Crippen LogP contribution in [0.1, 0.15) is 36.8 Å². The van der Waals surface area contributed by atoms with Gasteiger partial charge in [-0.25, -0.2) is 0 Å². The first kappa shape index (κ1) is 18.4. The van der Waals surface area contributed by atoms with Crippen molar-refractivity contribution in [2.24, 2.45) is 17.8 Å². The average Bonchev–Trinajstić information content (AvgIpc) is 3.51. The van der Waals surface area contributed by atoms with Crippen molar-refractivity contribution in [2.45, 2.75) is 32.1 Å². The molecule has 0 radical (unpaired) electrons. The molecule has 0 bridgehead atoms. The third-order valence-electron chi connectivity index (χ3n) is 7.27. The molecule has 1 amide bonds. The largest absolute Gasteiger partial charge is 0.381 e. The van der Waals surface area contributed by atoms with Gasteiger partial charge in [0.2, 0.25) is 5.91 Å². The number of hydrogen-bond acceptors (Lipinski definition) is 3. The second-order valence-electron chi connectivity index (χ2n) is 9.06. The van der Waals surface area contributed by atoms with Crippen LogP contribution in [0.2, 0.25) is 0 Å². The number of likely N-dealkylation sites (tertiary alicyclic amines) is 2. The van der Waals surface area contributed by atoms with Gasteiger partial charge < -0.3 is 14.5 Å². The molecule has 1 unspecified atom stereocenters. The Morgan fingerprint density at radius 1 is 1.11 bits per heavy atom. The number of benzene rings is 1. The first-order valence-corrected chi connectivity index (χ1v) is 11.2. The molecule has 3 heterocycles. The zero-order chi connectivity index (χ0) is 18.9. The van der Waals surface area contributed by atoms with E-state index in [9.17, 15) is 4.79 Å².